The Morgan fingerprint density at radius 3 is 2.81 bits per heavy atom. The van der Waals surface area contributed by atoms with Crippen LogP contribution in [0.1, 0.15) is 13.8 Å². The van der Waals surface area contributed by atoms with Crippen molar-refractivity contribution in [2.45, 2.75) is 13.8 Å². The van der Waals surface area contributed by atoms with Gasteiger partial charge < -0.3 is 16.0 Å². The molecule has 1 aromatic heterocycles. The number of likely N-dealkylation sites (N-methyl/N-ethyl adjacent to an activating group) is 2. The van der Waals surface area contributed by atoms with Crippen LogP contribution >= 0.6 is 0 Å². The van der Waals surface area contributed by atoms with E-state index in [0.717, 1.165) is 12.2 Å². The number of carbonyl (C=O) groups excluding carboxylic acids is 1. The summed E-state index contributed by atoms with van der Waals surface area (Å²) in [5, 5.41) is 2.76. The van der Waals surface area contributed by atoms with Crippen molar-refractivity contribution in [1.82, 2.24) is 10.3 Å². The maximum absolute atomic E-state index is 11.5. The molecular formula is C11H18N4O. The van der Waals surface area contributed by atoms with Crippen molar-refractivity contribution in [3.63, 3.8) is 0 Å². The van der Waals surface area contributed by atoms with E-state index < -0.39 is 0 Å². The Balaban J connectivity index is 2.70. The molecule has 0 unspecified atom stereocenters. The number of anilines is 2. The van der Waals surface area contributed by atoms with Crippen molar-refractivity contribution in [2.24, 2.45) is 0 Å². The van der Waals surface area contributed by atoms with Gasteiger partial charge in [-0.2, -0.15) is 0 Å². The first-order valence-corrected chi connectivity index (χ1v) is 5.39. The van der Waals surface area contributed by atoms with E-state index in [-0.39, 0.29) is 5.91 Å². The van der Waals surface area contributed by atoms with E-state index in [1.807, 2.05) is 24.8 Å². The zero-order valence-electron chi connectivity index (χ0n) is 9.73. The molecular weight excluding hydrogens is 204 g/mol. The zero-order valence-corrected chi connectivity index (χ0v) is 9.73. The SMILES string of the molecule is CCNC(=O)CN(CC)c1cncc(N)c1. The van der Waals surface area contributed by atoms with E-state index in [4.69, 9.17) is 5.73 Å². The first-order valence-electron chi connectivity index (χ1n) is 5.39. The van der Waals surface area contributed by atoms with Crippen LogP contribution in [0.5, 0.6) is 0 Å². The van der Waals surface area contributed by atoms with Crippen LogP contribution in [-0.4, -0.2) is 30.5 Å². The summed E-state index contributed by atoms with van der Waals surface area (Å²) >= 11 is 0. The molecule has 16 heavy (non-hydrogen) atoms. The molecule has 5 heteroatoms. The lowest BCUT2D eigenvalue weighted by Gasteiger charge is -2.22. The van der Waals surface area contributed by atoms with Crippen molar-refractivity contribution in [2.75, 3.05) is 30.3 Å². The summed E-state index contributed by atoms with van der Waals surface area (Å²) in [5.74, 6) is 0.00627. The van der Waals surface area contributed by atoms with Gasteiger partial charge in [0.25, 0.3) is 0 Å². The molecule has 0 spiro atoms. The van der Waals surface area contributed by atoms with Crippen molar-refractivity contribution in [1.29, 1.82) is 0 Å². The van der Waals surface area contributed by atoms with Crippen molar-refractivity contribution in [3.8, 4) is 0 Å². The molecule has 1 aromatic rings. The molecule has 3 N–H and O–H groups in total. The quantitative estimate of drug-likeness (QED) is 0.766. The average molecular weight is 222 g/mol. The highest BCUT2D eigenvalue weighted by molar-refractivity contribution is 5.81. The Kier molecular flexibility index (Phi) is 4.57. The van der Waals surface area contributed by atoms with Crippen molar-refractivity contribution in [3.05, 3.63) is 18.5 Å². The molecule has 0 fully saturated rings. The number of carbonyl (C=O) groups is 1. The fraction of sp³-hybridized carbons (Fsp3) is 0.455. The number of pyridine rings is 1. The smallest absolute Gasteiger partial charge is 0.239 e. The Bertz CT molecular complexity index is 354. The summed E-state index contributed by atoms with van der Waals surface area (Å²) in [6, 6.07) is 1.82. The van der Waals surface area contributed by atoms with Gasteiger partial charge in [0.1, 0.15) is 0 Å². The first-order chi connectivity index (χ1) is 7.67. The van der Waals surface area contributed by atoms with Crippen molar-refractivity contribution < 1.29 is 4.79 Å². The van der Waals surface area contributed by atoms with E-state index in [1.54, 1.807) is 12.4 Å². The normalized spacial score (nSPS) is 9.88. The lowest BCUT2D eigenvalue weighted by Crippen LogP contribution is -2.37. The molecule has 1 rings (SSSR count). The number of amides is 1. The van der Waals surface area contributed by atoms with Gasteiger partial charge in [0.2, 0.25) is 5.91 Å². The number of nitrogens with two attached hydrogens (primary N) is 1. The Morgan fingerprint density at radius 1 is 1.50 bits per heavy atom. The third-order valence-electron chi connectivity index (χ3n) is 2.20. The molecule has 0 bridgehead atoms. The van der Waals surface area contributed by atoms with Gasteiger partial charge in [-0.3, -0.25) is 9.78 Å². The minimum atomic E-state index is 0.00627. The Hall–Kier alpha value is -1.78. The van der Waals surface area contributed by atoms with Gasteiger partial charge in [-0.15, -0.1) is 0 Å². The Morgan fingerprint density at radius 2 is 2.25 bits per heavy atom. The average Bonchev–Trinajstić information content (AvgIpc) is 2.26. The third-order valence-corrected chi connectivity index (χ3v) is 2.20. The molecule has 88 valence electrons. The van der Waals surface area contributed by atoms with Gasteiger partial charge in [0.15, 0.2) is 0 Å². The third kappa shape index (κ3) is 3.42. The number of nitrogens with zero attached hydrogens (tertiary/aromatic N) is 2. The fourth-order valence-corrected chi connectivity index (χ4v) is 1.43. The Labute approximate surface area is 95.7 Å². The molecule has 0 atom stereocenters. The highest BCUT2D eigenvalue weighted by Crippen LogP contribution is 2.14. The second-order valence-corrected chi connectivity index (χ2v) is 3.44. The second kappa shape index (κ2) is 5.95. The van der Waals surface area contributed by atoms with Crippen LogP contribution in [0.2, 0.25) is 0 Å². The molecule has 5 nitrogen and oxygen atoms in total. The summed E-state index contributed by atoms with van der Waals surface area (Å²) in [4.78, 5) is 17.4. The number of hydrogen-bond acceptors (Lipinski definition) is 4. The first kappa shape index (κ1) is 12.3. The number of aromatic nitrogens is 1. The molecule has 0 saturated carbocycles. The fourth-order valence-electron chi connectivity index (χ4n) is 1.43. The van der Waals surface area contributed by atoms with Crippen LogP contribution in [-0.2, 0) is 4.79 Å². The van der Waals surface area contributed by atoms with Crippen LogP contribution in [0.15, 0.2) is 18.5 Å². The van der Waals surface area contributed by atoms with Gasteiger partial charge in [-0.1, -0.05) is 0 Å². The number of nitrogens with one attached hydrogen (secondary N) is 1. The number of rotatable bonds is 5. The number of nitrogen functional groups attached to an aromatic ring is 1. The molecule has 0 saturated heterocycles. The summed E-state index contributed by atoms with van der Waals surface area (Å²) < 4.78 is 0. The minimum absolute atomic E-state index is 0.00627. The van der Waals surface area contributed by atoms with E-state index in [9.17, 15) is 4.79 Å². The predicted molar refractivity (Wildman–Crippen MR) is 65.2 cm³/mol. The predicted octanol–water partition coefficient (Wildman–Crippen LogP) is 0.626. The van der Waals surface area contributed by atoms with Crippen LogP contribution < -0.4 is 16.0 Å². The summed E-state index contributed by atoms with van der Waals surface area (Å²) in [5.41, 5.74) is 7.12. The minimum Gasteiger partial charge on any atom is -0.397 e. The van der Waals surface area contributed by atoms with Gasteiger partial charge in [0.05, 0.1) is 24.1 Å². The standard InChI is InChI=1S/C11H18N4O/c1-3-14-11(16)8-15(4-2)10-5-9(12)6-13-7-10/h5-7H,3-4,8,12H2,1-2H3,(H,14,16). The van der Waals surface area contributed by atoms with E-state index >= 15 is 0 Å². The van der Waals surface area contributed by atoms with Gasteiger partial charge in [-0.25, -0.2) is 0 Å². The highest BCUT2D eigenvalue weighted by atomic mass is 16.2. The summed E-state index contributed by atoms with van der Waals surface area (Å²) in [7, 11) is 0. The topological polar surface area (TPSA) is 71.2 Å². The molecule has 0 aliphatic rings. The van der Waals surface area contributed by atoms with Crippen LogP contribution in [0, 0.1) is 0 Å². The van der Waals surface area contributed by atoms with Gasteiger partial charge in [-0.05, 0) is 19.9 Å². The number of hydrogen-bond donors (Lipinski definition) is 2. The molecule has 0 aromatic carbocycles. The van der Waals surface area contributed by atoms with Crippen molar-refractivity contribution >= 4 is 17.3 Å². The van der Waals surface area contributed by atoms with Crippen LogP contribution in [0.4, 0.5) is 11.4 Å². The lowest BCUT2D eigenvalue weighted by molar-refractivity contribution is -0.119. The molecule has 1 amide bonds. The molecule has 0 radical (unpaired) electrons. The largest absolute Gasteiger partial charge is 0.397 e. The van der Waals surface area contributed by atoms with E-state index in [0.29, 0.717) is 18.8 Å². The second-order valence-electron chi connectivity index (χ2n) is 3.44. The van der Waals surface area contributed by atoms with Crippen LogP contribution in [0.25, 0.3) is 0 Å². The molecule has 1 heterocycles. The lowest BCUT2D eigenvalue weighted by atomic mass is 10.3. The van der Waals surface area contributed by atoms with Gasteiger partial charge >= 0.3 is 0 Å². The summed E-state index contributed by atoms with van der Waals surface area (Å²) in [6.45, 7) is 5.60. The van der Waals surface area contributed by atoms with Gasteiger partial charge in [0, 0.05) is 19.3 Å². The summed E-state index contributed by atoms with van der Waals surface area (Å²) in [6.07, 6.45) is 3.29. The van der Waals surface area contributed by atoms with E-state index in [1.165, 1.54) is 0 Å². The highest BCUT2D eigenvalue weighted by Gasteiger charge is 2.09. The zero-order chi connectivity index (χ0) is 12.0. The monoisotopic (exact) mass is 222 g/mol. The molecule has 0 aliphatic carbocycles. The van der Waals surface area contributed by atoms with Crippen LogP contribution in [0.3, 0.4) is 0 Å². The maximum atomic E-state index is 11.5. The molecule has 0 aliphatic heterocycles. The van der Waals surface area contributed by atoms with E-state index in [2.05, 4.69) is 10.3 Å². The maximum Gasteiger partial charge on any atom is 0.239 e.